The summed E-state index contributed by atoms with van der Waals surface area (Å²) in [5.41, 5.74) is -0.362. The van der Waals surface area contributed by atoms with Crippen molar-refractivity contribution in [2.24, 2.45) is 0 Å². The molecule has 126 valence electrons. The summed E-state index contributed by atoms with van der Waals surface area (Å²) in [5, 5.41) is 0. The van der Waals surface area contributed by atoms with Crippen LogP contribution in [0.25, 0.3) is 0 Å². The fourth-order valence-electron chi connectivity index (χ4n) is 2.08. The monoisotopic (exact) mass is 383 g/mol. The second kappa shape index (κ2) is 8.90. The zero-order valence-electron chi connectivity index (χ0n) is 14.2. The number of hydrogen-bond donors (Lipinski definition) is 0. The van der Waals surface area contributed by atoms with Gasteiger partial charge in [0.25, 0.3) is 0 Å². The van der Waals surface area contributed by atoms with E-state index in [1.165, 1.54) is 7.11 Å². The molecule has 0 fully saturated rings. The summed E-state index contributed by atoms with van der Waals surface area (Å²) in [5.74, 6) is -0.637. The molecule has 1 aromatic rings. The second-order valence-corrected chi connectivity index (χ2v) is 8.54. The van der Waals surface area contributed by atoms with Crippen molar-refractivity contribution in [3.63, 3.8) is 0 Å². The summed E-state index contributed by atoms with van der Waals surface area (Å²) in [6.45, 7) is 10.2. The molecule has 0 aliphatic rings. The fourth-order valence-corrected chi connectivity index (χ4v) is 4.19. The van der Waals surface area contributed by atoms with E-state index in [1.807, 2.05) is 51.1 Å². The fraction of sp³-hybridized carbons (Fsp3) is 0.444. The van der Waals surface area contributed by atoms with Crippen molar-refractivity contribution in [1.29, 1.82) is 0 Å². The van der Waals surface area contributed by atoms with Crippen LogP contribution in [0.15, 0.2) is 43.0 Å². The van der Waals surface area contributed by atoms with Crippen molar-refractivity contribution in [3.8, 4) is 0 Å². The molecular formula is C18H25NO3Se. The number of carbonyl (C=O) groups is 2. The minimum atomic E-state index is -0.765. The molecule has 1 amide bonds. The molecule has 0 radical (unpaired) electrons. The first kappa shape index (κ1) is 19.5. The Hall–Kier alpha value is -1.58. The first-order valence-electron chi connectivity index (χ1n) is 7.53. The standard InChI is InChI=1S/C18H25NO3Se/c1-6-7-13-19(18(2,3)4)16(20)15(17(21)22-5)23-14-11-9-8-10-12-14/h6,8-12,15H,1,7,13H2,2-5H3. The Labute approximate surface area is 145 Å². The predicted molar refractivity (Wildman–Crippen MR) is 93.9 cm³/mol. The molecular weight excluding hydrogens is 357 g/mol. The molecule has 0 spiro atoms. The third-order valence-corrected chi connectivity index (χ3v) is 5.73. The van der Waals surface area contributed by atoms with Crippen molar-refractivity contribution < 1.29 is 14.3 Å². The molecule has 4 nitrogen and oxygen atoms in total. The van der Waals surface area contributed by atoms with E-state index in [4.69, 9.17) is 4.74 Å². The quantitative estimate of drug-likeness (QED) is 0.314. The van der Waals surface area contributed by atoms with Crippen molar-refractivity contribution >= 4 is 31.3 Å². The van der Waals surface area contributed by atoms with Gasteiger partial charge in [0, 0.05) is 0 Å². The van der Waals surface area contributed by atoms with Gasteiger partial charge in [0.1, 0.15) is 0 Å². The van der Waals surface area contributed by atoms with Gasteiger partial charge in [-0.3, -0.25) is 0 Å². The zero-order valence-corrected chi connectivity index (χ0v) is 16.0. The molecule has 0 heterocycles. The third kappa shape index (κ3) is 5.85. The van der Waals surface area contributed by atoms with Gasteiger partial charge in [-0.15, -0.1) is 0 Å². The Morgan fingerprint density at radius 3 is 2.39 bits per heavy atom. The van der Waals surface area contributed by atoms with E-state index in [1.54, 1.807) is 11.0 Å². The summed E-state index contributed by atoms with van der Waals surface area (Å²) in [6.07, 6.45) is 2.47. The summed E-state index contributed by atoms with van der Waals surface area (Å²) >= 11 is -0.316. The third-order valence-electron chi connectivity index (χ3n) is 3.27. The van der Waals surface area contributed by atoms with Crippen LogP contribution in [0.2, 0.25) is 4.82 Å². The van der Waals surface area contributed by atoms with Gasteiger partial charge in [-0.25, -0.2) is 0 Å². The van der Waals surface area contributed by atoms with Crippen LogP contribution < -0.4 is 4.46 Å². The summed E-state index contributed by atoms with van der Waals surface area (Å²) < 4.78 is 5.88. The van der Waals surface area contributed by atoms with Crippen LogP contribution in [0, 0.1) is 0 Å². The van der Waals surface area contributed by atoms with E-state index in [9.17, 15) is 9.59 Å². The van der Waals surface area contributed by atoms with Crippen LogP contribution in [0.1, 0.15) is 27.2 Å². The van der Waals surface area contributed by atoms with Crippen molar-refractivity contribution in [1.82, 2.24) is 4.90 Å². The molecule has 1 atom stereocenters. The van der Waals surface area contributed by atoms with Crippen LogP contribution >= 0.6 is 0 Å². The molecule has 0 bridgehead atoms. The van der Waals surface area contributed by atoms with E-state index in [0.29, 0.717) is 13.0 Å². The Morgan fingerprint density at radius 2 is 1.91 bits per heavy atom. The molecule has 0 saturated carbocycles. The number of ether oxygens (including phenoxy) is 1. The summed E-state index contributed by atoms with van der Waals surface area (Å²) in [7, 11) is 1.33. The number of methoxy groups -OCH3 is 1. The van der Waals surface area contributed by atoms with Crippen LogP contribution in [0.3, 0.4) is 0 Å². The number of rotatable bonds is 7. The Morgan fingerprint density at radius 1 is 1.30 bits per heavy atom. The van der Waals surface area contributed by atoms with Gasteiger partial charge >= 0.3 is 145 Å². The van der Waals surface area contributed by atoms with Crippen LogP contribution in [-0.4, -0.2) is 50.9 Å². The van der Waals surface area contributed by atoms with Gasteiger partial charge in [0.15, 0.2) is 0 Å². The number of benzene rings is 1. The van der Waals surface area contributed by atoms with E-state index in [0.717, 1.165) is 4.46 Å². The SMILES string of the molecule is C=CCCN(C(=O)C([Se]c1ccccc1)C(=O)OC)C(C)(C)C. The van der Waals surface area contributed by atoms with Crippen LogP contribution in [0.5, 0.6) is 0 Å². The Kier molecular flexibility index (Phi) is 7.53. The molecule has 23 heavy (non-hydrogen) atoms. The van der Waals surface area contributed by atoms with E-state index < -0.39 is 10.8 Å². The van der Waals surface area contributed by atoms with Gasteiger partial charge in [-0.2, -0.15) is 0 Å². The number of hydrogen-bond acceptors (Lipinski definition) is 3. The van der Waals surface area contributed by atoms with Gasteiger partial charge in [0.05, 0.1) is 0 Å². The van der Waals surface area contributed by atoms with Gasteiger partial charge in [-0.1, -0.05) is 0 Å². The first-order chi connectivity index (χ1) is 10.8. The number of esters is 1. The van der Waals surface area contributed by atoms with Crippen molar-refractivity contribution in [3.05, 3.63) is 43.0 Å². The van der Waals surface area contributed by atoms with E-state index in [-0.39, 0.29) is 26.4 Å². The Bertz CT molecular complexity index is 537. The van der Waals surface area contributed by atoms with E-state index in [2.05, 4.69) is 6.58 Å². The number of amides is 1. The molecule has 1 aromatic carbocycles. The molecule has 1 unspecified atom stereocenters. The van der Waals surface area contributed by atoms with Crippen LogP contribution in [-0.2, 0) is 14.3 Å². The first-order valence-corrected chi connectivity index (χ1v) is 9.37. The molecule has 1 rings (SSSR count). The normalized spacial score (nSPS) is 12.3. The zero-order chi connectivity index (χ0) is 17.5. The Balaban J connectivity index is 3.05. The molecule has 0 aromatic heterocycles. The molecule has 0 aliphatic heterocycles. The minimum absolute atomic E-state index is 0.171. The van der Waals surface area contributed by atoms with Gasteiger partial charge in [-0.05, 0) is 0 Å². The topological polar surface area (TPSA) is 46.6 Å². The molecule has 5 heteroatoms. The average molecular weight is 382 g/mol. The van der Waals surface area contributed by atoms with Crippen LogP contribution in [0.4, 0.5) is 0 Å². The van der Waals surface area contributed by atoms with Gasteiger partial charge < -0.3 is 0 Å². The maximum atomic E-state index is 13.0. The van der Waals surface area contributed by atoms with Crippen molar-refractivity contribution in [2.75, 3.05) is 13.7 Å². The molecule has 0 saturated heterocycles. The second-order valence-electron chi connectivity index (χ2n) is 6.07. The maximum absolute atomic E-state index is 13.0. The summed E-state index contributed by atoms with van der Waals surface area (Å²) in [6, 6.07) is 9.62. The van der Waals surface area contributed by atoms with Gasteiger partial charge in [0.2, 0.25) is 0 Å². The van der Waals surface area contributed by atoms with Crippen molar-refractivity contribution in [2.45, 2.75) is 37.5 Å². The molecule has 0 N–H and O–H groups in total. The summed E-state index contributed by atoms with van der Waals surface area (Å²) in [4.78, 5) is 26.2. The number of carbonyl (C=O) groups excluding carboxylic acids is 2. The number of nitrogens with zero attached hydrogens (tertiary/aromatic N) is 1. The average Bonchev–Trinajstić information content (AvgIpc) is 2.51. The molecule has 0 aliphatic carbocycles. The van der Waals surface area contributed by atoms with E-state index >= 15 is 0 Å². The predicted octanol–water partition coefficient (Wildman–Crippen LogP) is 2.18.